The molecular weight excluding hydrogens is 240 g/mol. The van der Waals surface area contributed by atoms with Crippen LogP contribution in [-0.2, 0) is 4.74 Å². The summed E-state index contributed by atoms with van der Waals surface area (Å²) in [6, 6.07) is 3.88. The molecule has 1 unspecified atom stereocenters. The highest BCUT2D eigenvalue weighted by molar-refractivity contribution is 5.25. The first-order valence-corrected chi connectivity index (χ1v) is 5.99. The SMILES string of the molecule is CCCNCC(COC)Oc1cccc(F)c1F. The van der Waals surface area contributed by atoms with E-state index in [1.807, 2.05) is 6.92 Å². The van der Waals surface area contributed by atoms with Gasteiger partial charge in [-0.1, -0.05) is 13.0 Å². The van der Waals surface area contributed by atoms with Crippen LogP contribution in [0.15, 0.2) is 18.2 Å². The molecule has 1 atom stereocenters. The van der Waals surface area contributed by atoms with Crippen LogP contribution in [0.3, 0.4) is 0 Å². The summed E-state index contributed by atoms with van der Waals surface area (Å²) < 4.78 is 36.9. The maximum atomic E-state index is 13.4. The number of nitrogens with one attached hydrogen (secondary N) is 1. The van der Waals surface area contributed by atoms with Crippen LogP contribution in [0.1, 0.15) is 13.3 Å². The van der Waals surface area contributed by atoms with E-state index in [1.54, 1.807) is 0 Å². The average molecular weight is 259 g/mol. The van der Waals surface area contributed by atoms with E-state index in [1.165, 1.54) is 19.2 Å². The maximum Gasteiger partial charge on any atom is 0.200 e. The normalized spacial score (nSPS) is 12.4. The highest BCUT2D eigenvalue weighted by Crippen LogP contribution is 2.20. The largest absolute Gasteiger partial charge is 0.483 e. The summed E-state index contributed by atoms with van der Waals surface area (Å²) >= 11 is 0. The van der Waals surface area contributed by atoms with Crippen molar-refractivity contribution < 1.29 is 18.3 Å². The molecule has 18 heavy (non-hydrogen) atoms. The third kappa shape index (κ3) is 4.58. The van der Waals surface area contributed by atoms with E-state index in [4.69, 9.17) is 9.47 Å². The molecule has 1 N–H and O–H groups in total. The third-order valence-corrected chi connectivity index (χ3v) is 2.36. The molecule has 0 heterocycles. The molecule has 1 aromatic rings. The molecule has 0 aliphatic carbocycles. The fourth-order valence-corrected chi connectivity index (χ4v) is 1.51. The summed E-state index contributed by atoms with van der Waals surface area (Å²) in [4.78, 5) is 0. The highest BCUT2D eigenvalue weighted by Gasteiger charge is 2.15. The van der Waals surface area contributed by atoms with Gasteiger partial charge in [0.2, 0.25) is 5.82 Å². The molecule has 102 valence electrons. The van der Waals surface area contributed by atoms with Gasteiger partial charge in [-0.25, -0.2) is 4.39 Å². The molecule has 5 heteroatoms. The smallest absolute Gasteiger partial charge is 0.200 e. The number of hydrogen-bond donors (Lipinski definition) is 1. The molecule has 0 saturated carbocycles. The second kappa shape index (κ2) is 8.00. The lowest BCUT2D eigenvalue weighted by Crippen LogP contribution is -2.35. The molecule has 0 fully saturated rings. The van der Waals surface area contributed by atoms with Crippen LogP contribution in [0.2, 0.25) is 0 Å². The van der Waals surface area contributed by atoms with E-state index >= 15 is 0 Å². The van der Waals surface area contributed by atoms with Crippen molar-refractivity contribution >= 4 is 0 Å². The van der Waals surface area contributed by atoms with E-state index in [2.05, 4.69) is 5.32 Å². The lowest BCUT2D eigenvalue weighted by molar-refractivity contribution is 0.0775. The Morgan fingerprint density at radius 3 is 2.78 bits per heavy atom. The molecule has 0 aliphatic rings. The Morgan fingerprint density at radius 1 is 1.33 bits per heavy atom. The molecule has 0 radical (unpaired) electrons. The van der Waals surface area contributed by atoms with Crippen molar-refractivity contribution in [3.05, 3.63) is 29.8 Å². The fraction of sp³-hybridized carbons (Fsp3) is 0.538. The van der Waals surface area contributed by atoms with Crippen molar-refractivity contribution in [1.82, 2.24) is 5.32 Å². The first-order valence-electron chi connectivity index (χ1n) is 5.99. The molecule has 0 aromatic heterocycles. The van der Waals surface area contributed by atoms with Crippen LogP contribution >= 0.6 is 0 Å². The lowest BCUT2D eigenvalue weighted by atomic mass is 10.3. The topological polar surface area (TPSA) is 30.5 Å². The van der Waals surface area contributed by atoms with Gasteiger partial charge >= 0.3 is 0 Å². The van der Waals surface area contributed by atoms with Gasteiger partial charge in [-0.2, -0.15) is 4.39 Å². The second-order valence-electron chi connectivity index (χ2n) is 3.95. The van der Waals surface area contributed by atoms with Gasteiger partial charge in [0, 0.05) is 13.7 Å². The van der Waals surface area contributed by atoms with Crippen LogP contribution in [0.5, 0.6) is 5.75 Å². The van der Waals surface area contributed by atoms with E-state index in [-0.39, 0.29) is 11.9 Å². The van der Waals surface area contributed by atoms with Gasteiger partial charge in [0.1, 0.15) is 6.10 Å². The third-order valence-electron chi connectivity index (χ3n) is 2.36. The number of hydrogen-bond acceptors (Lipinski definition) is 3. The fourth-order valence-electron chi connectivity index (χ4n) is 1.51. The minimum Gasteiger partial charge on any atom is -0.483 e. The molecule has 0 bridgehead atoms. The van der Waals surface area contributed by atoms with Crippen molar-refractivity contribution in [2.75, 3.05) is 26.8 Å². The summed E-state index contributed by atoms with van der Waals surface area (Å²) in [5.74, 6) is -1.96. The zero-order chi connectivity index (χ0) is 13.4. The van der Waals surface area contributed by atoms with E-state index < -0.39 is 11.6 Å². The Hall–Kier alpha value is -1.20. The second-order valence-corrected chi connectivity index (χ2v) is 3.95. The number of methoxy groups -OCH3 is 1. The first-order chi connectivity index (χ1) is 8.69. The van der Waals surface area contributed by atoms with E-state index in [0.717, 1.165) is 19.0 Å². The van der Waals surface area contributed by atoms with Crippen LogP contribution < -0.4 is 10.1 Å². The predicted molar refractivity (Wildman–Crippen MR) is 65.8 cm³/mol. The lowest BCUT2D eigenvalue weighted by Gasteiger charge is -2.19. The van der Waals surface area contributed by atoms with Crippen LogP contribution in [0, 0.1) is 11.6 Å². The molecular formula is C13H19F2NO2. The summed E-state index contributed by atoms with van der Waals surface area (Å²) in [6.07, 6.45) is 0.645. The summed E-state index contributed by atoms with van der Waals surface area (Å²) in [5, 5.41) is 3.15. The molecule has 0 saturated heterocycles. The van der Waals surface area contributed by atoms with E-state index in [9.17, 15) is 8.78 Å². The van der Waals surface area contributed by atoms with Crippen LogP contribution in [0.4, 0.5) is 8.78 Å². The Labute approximate surface area is 106 Å². The average Bonchev–Trinajstić information content (AvgIpc) is 2.35. The summed E-state index contributed by atoms with van der Waals surface area (Å²) in [7, 11) is 1.54. The maximum absolute atomic E-state index is 13.4. The quantitative estimate of drug-likeness (QED) is 0.727. The first kappa shape index (κ1) is 14.9. The minimum absolute atomic E-state index is 0.0876. The van der Waals surface area contributed by atoms with Gasteiger partial charge in [0.25, 0.3) is 0 Å². The van der Waals surface area contributed by atoms with Crippen molar-refractivity contribution in [2.24, 2.45) is 0 Å². The number of ether oxygens (including phenoxy) is 2. The predicted octanol–water partition coefficient (Wildman–Crippen LogP) is 2.36. The van der Waals surface area contributed by atoms with Crippen molar-refractivity contribution in [3.63, 3.8) is 0 Å². The number of benzene rings is 1. The van der Waals surface area contributed by atoms with Gasteiger partial charge in [-0.05, 0) is 25.1 Å². The Balaban J connectivity index is 2.61. The van der Waals surface area contributed by atoms with Crippen molar-refractivity contribution in [2.45, 2.75) is 19.4 Å². The Bertz CT molecular complexity index is 361. The van der Waals surface area contributed by atoms with E-state index in [0.29, 0.717) is 13.2 Å². The molecule has 3 nitrogen and oxygen atoms in total. The van der Waals surface area contributed by atoms with Gasteiger partial charge in [0.15, 0.2) is 11.6 Å². The molecule has 0 spiro atoms. The summed E-state index contributed by atoms with van der Waals surface area (Å²) in [6.45, 7) is 3.73. The van der Waals surface area contributed by atoms with Crippen molar-refractivity contribution in [1.29, 1.82) is 0 Å². The zero-order valence-electron chi connectivity index (χ0n) is 10.7. The molecule has 0 amide bonds. The number of halogens is 2. The Morgan fingerprint density at radius 2 is 2.11 bits per heavy atom. The Kier molecular flexibility index (Phi) is 6.60. The monoisotopic (exact) mass is 259 g/mol. The zero-order valence-corrected chi connectivity index (χ0v) is 10.7. The molecule has 0 aliphatic heterocycles. The van der Waals surface area contributed by atoms with Gasteiger partial charge in [-0.3, -0.25) is 0 Å². The van der Waals surface area contributed by atoms with Crippen molar-refractivity contribution in [3.8, 4) is 5.75 Å². The standard InChI is InChI=1S/C13H19F2NO2/c1-3-7-16-8-10(9-17-2)18-12-6-4-5-11(14)13(12)15/h4-6,10,16H,3,7-9H2,1-2H3. The highest BCUT2D eigenvalue weighted by atomic mass is 19.2. The molecule has 1 rings (SSSR count). The molecule has 1 aromatic carbocycles. The van der Waals surface area contributed by atoms with Crippen LogP contribution in [0.25, 0.3) is 0 Å². The van der Waals surface area contributed by atoms with Crippen LogP contribution in [-0.4, -0.2) is 32.9 Å². The van der Waals surface area contributed by atoms with Gasteiger partial charge in [0.05, 0.1) is 6.61 Å². The minimum atomic E-state index is -0.964. The summed E-state index contributed by atoms with van der Waals surface area (Å²) in [5.41, 5.74) is 0. The van der Waals surface area contributed by atoms with Gasteiger partial charge in [-0.15, -0.1) is 0 Å². The number of rotatable bonds is 8. The van der Waals surface area contributed by atoms with Gasteiger partial charge < -0.3 is 14.8 Å².